The number of esters is 1. The van der Waals surface area contributed by atoms with E-state index in [9.17, 15) is 14.0 Å². The Balaban J connectivity index is 1.76. The van der Waals surface area contributed by atoms with E-state index in [4.69, 9.17) is 14.2 Å². The summed E-state index contributed by atoms with van der Waals surface area (Å²) in [5.74, 6) is -0.192. The normalized spacial score (nSPS) is 10.1. The molecule has 0 aromatic heterocycles. The lowest BCUT2D eigenvalue weighted by Gasteiger charge is -2.09. The van der Waals surface area contributed by atoms with Gasteiger partial charge in [-0.2, -0.15) is 0 Å². The molecule has 0 spiro atoms. The van der Waals surface area contributed by atoms with Crippen LogP contribution in [-0.2, 0) is 20.7 Å². The summed E-state index contributed by atoms with van der Waals surface area (Å²) < 4.78 is 28.1. The van der Waals surface area contributed by atoms with Gasteiger partial charge in [-0.25, -0.2) is 4.39 Å². The van der Waals surface area contributed by atoms with Gasteiger partial charge in [0.25, 0.3) is 5.91 Å². The number of hydrogen-bond donors (Lipinski definition) is 1. The Morgan fingerprint density at radius 1 is 1.00 bits per heavy atom. The monoisotopic (exact) mass is 361 g/mol. The molecule has 0 saturated carbocycles. The Bertz CT molecular complexity index is 761. The Labute approximate surface area is 150 Å². The molecule has 0 aliphatic carbocycles. The quantitative estimate of drug-likeness (QED) is 0.732. The van der Waals surface area contributed by atoms with Crippen molar-refractivity contribution in [2.45, 2.75) is 12.8 Å². The van der Waals surface area contributed by atoms with Gasteiger partial charge in [0, 0.05) is 12.1 Å². The molecule has 0 heterocycles. The van der Waals surface area contributed by atoms with E-state index in [2.05, 4.69) is 5.32 Å². The predicted octanol–water partition coefficient (Wildman–Crippen LogP) is 2.96. The third-order valence-electron chi connectivity index (χ3n) is 3.56. The van der Waals surface area contributed by atoms with E-state index in [1.54, 1.807) is 19.2 Å². The van der Waals surface area contributed by atoms with E-state index in [0.717, 1.165) is 5.56 Å². The second kappa shape index (κ2) is 9.41. The van der Waals surface area contributed by atoms with Gasteiger partial charge in [-0.3, -0.25) is 9.59 Å². The van der Waals surface area contributed by atoms with Gasteiger partial charge in [0.15, 0.2) is 18.1 Å². The first-order valence-corrected chi connectivity index (χ1v) is 7.93. The molecule has 2 aromatic rings. The number of nitrogens with one attached hydrogen (secondary N) is 1. The largest absolute Gasteiger partial charge is 0.493 e. The van der Waals surface area contributed by atoms with E-state index >= 15 is 0 Å². The van der Waals surface area contributed by atoms with Crippen LogP contribution in [0.4, 0.5) is 10.1 Å². The highest BCUT2D eigenvalue weighted by Crippen LogP contribution is 2.27. The van der Waals surface area contributed by atoms with Gasteiger partial charge in [-0.15, -0.1) is 0 Å². The van der Waals surface area contributed by atoms with Crippen LogP contribution in [-0.4, -0.2) is 32.7 Å². The second-order valence-corrected chi connectivity index (χ2v) is 5.41. The average molecular weight is 361 g/mol. The molecule has 0 unspecified atom stereocenters. The first-order valence-electron chi connectivity index (χ1n) is 7.93. The molecular formula is C19H20FNO5. The van der Waals surface area contributed by atoms with E-state index in [1.807, 2.05) is 6.07 Å². The maximum atomic E-state index is 12.8. The van der Waals surface area contributed by atoms with Crippen molar-refractivity contribution in [2.75, 3.05) is 26.1 Å². The highest BCUT2D eigenvalue weighted by atomic mass is 19.1. The molecule has 6 nitrogen and oxygen atoms in total. The maximum absolute atomic E-state index is 12.8. The van der Waals surface area contributed by atoms with Gasteiger partial charge in [0.2, 0.25) is 0 Å². The maximum Gasteiger partial charge on any atom is 0.306 e. The lowest BCUT2D eigenvalue weighted by atomic mass is 10.1. The third-order valence-corrected chi connectivity index (χ3v) is 3.56. The number of halogens is 1. The first kappa shape index (κ1) is 19.2. The minimum absolute atomic E-state index is 0.124. The first-order chi connectivity index (χ1) is 12.5. The minimum Gasteiger partial charge on any atom is -0.493 e. The molecule has 0 atom stereocenters. The molecule has 2 rings (SSSR count). The van der Waals surface area contributed by atoms with Crippen molar-refractivity contribution in [3.63, 3.8) is 0 Å². The van der Waals surface area contributed by atoms with Gasteiger partial charge >= 0.3 is 5.97 Å². The fourth-order valence-corrected chi connectivity index (χ4v) is 2.23. The van der Waals surface area contributed by atoms with Crippen molar-refractivity contribution in [1.29, 1.82) is 0 Å². The van der Waals surface area contributed by atoms with Crippen LogP contribution < -0.4 is 14.8 Å². The van der Waals surface area contributed by atoms with Crippen LogP contribution >= 0.6 is 0 Å². The van der Waals surface area contributed by atoms with Crippen LogP contribution in [0.1, 0.15) is 12.0 Å². The molecule has 0 bridgehead atoms. The Morgan fingerprint density at radius 2 is 1.69 bits per heavy atom. The zero-order chi connectivity index (χ0) is 18.9. The summed E-state index contributed by atoms with van der Waals surface area (Å²) in [6.07, 6.45) is 0.568. The number of carbonyl (C=O) groups is 2. The zero-order valence-electron chi connectivity index (χ0n) is 14.6. The number of ether oxygens (including phenoxy) is 3. The molecule has 2 aromatic carbocycles. The molecule has 0 saturated heterocycles. The molecule has 0 radical (unpaired) electrons. The Kier molecular flexibility index (Phi) is 6.96. The minimum atomic E-state index is -0.492. The molecular weight excluding hydrogens is 341 g/mol. The highest BCUT2D eigenvalue weighted by molar-refractivity contribution is 5.92. The van der Waals surface area contributed by atoms with Crippen LogP contribution in [0.15, 0.2) is 42.5 Å². The van der Waals surface area contributed by atoms with E-state index in [-0.39, 0.29) is 6.42 Å². The van der Waals surface area contributed by atoms with E-state index < -0.39 is 24.3 Å². The van der Waals surface area contributed by atoms with Crippen LogP contribution in [0.3, 0.4) is 0 Å². The molecule has 1 N–H and O–H groups in total. The van der Waals surface area contributed by atoms with Gasteiger partial charge in [-0.05, 0) is 48.4 Å². The number of hydrogen-bond acceptors (Lipinski definition) is 5. The van der Waals surface area contributed by atoms with Crippen LogP contribution in [0.2, 0.25) is 0 Å². The fraction of sp³-hybridized carbons (Fsp3) is 0.263. The summed E-state index contributed by atoms with van der Waals surface area (Å²) in [5.41, 5.74) is 1.31. The number of rotatable bonds is 8. The van der Waals surface area contributed by atoms with Crippen molar-refractivity contribution < 1.29 is 28.2 Å². The summed E-state index contributed by atoms with van der Waals surface area (Å²) in [7, 11) is 3.08. The van der Waals surface area contributed by atoms with Crippen molar-refractivity contribution in [2.24, 2.45) is 0 Å². The van der Waals surface area contributed by atoms with Gasteiger partial charge in [-0.1, -0.05) is 6.07 Å². The topological polar surface area (TPSA) is 73.9 Å². The van der Waals surface area contributed by atoms with Crippen LogP contribution in [0.25, 0.3) is 0 Å². The summed E-state index contributed by atoms with van der Waals surface area (Å²) in [4.78, 5) is 23.5. The van der Waals surface area contributed by atoms with Crippen LogP contribution in [0.5, 0.6) is 11.5 Å². The van der Waals surface area contributed by atoms with Gasteiger partial charge in [0.05, 0.1) is 14.2 Å². The molecule has 0 aliphatic heterocycles. The number of aryl methyl sites for hydroxylation is 1. The number of benzene rings is 2. The van der Waals surface area contributed by atoms with Crippen molar-refractivity contribution in [3.8, 4) is 11.5 Å². The zero-order valence-corrected chi connectivity index (χ0v) is 14.6. The van der Waals surface area contributed by atoms with Crippen LogP contribution in [0, 0.1) is 5.82 Å². The second-order valence-electron chi connectivity index (χ2n) is 5.41. The van der Waals surface area contributed by atoms with Gasteiger partial charge < -0.3 is 19.5 Å². The summed E-state index contributed by atoms with van der Waals surface area (Å²) >= 11 is 0. The van der Waals surface area contributed by atoms with Crippen molar-refractivity contribution in [3.05, 3.63) is 53.8 Å². The SMILES string of the molecule is COc1ccc(CCC(=O)OCC(=O)Nc2ccc(F)cc2)cc1OC. The Hall–Kier alpha value is -3.09. The van der Waals surface area contributed by atoms with Crippen molar-refractivity contribution >= 4 is 17.6 Å². The number of carbonyl (C=O) groups excluding carboxylic acids is 2. The summed E-state index contributed by atoms with van der Waals surface area (Å²) in [5, 5.41) is 2.51. The summed E-state index contributed by atoms with van der Waals surface area (Å²) in [6, 6.07) is 10.7. The standard InChI is InChI=1S/C19H20FNO5/c1-24-16-9-3-13(11-17(16)25-2)4-10-19(23)26-12-18(22)21-15-7-5-14(20)6-8-15/h3,5-9,11H,4,10,12H2,1-2H3,(H,21,22). The molecule has 7 heteroatoms. The molecule has 138 valence electrons. The third kappa shape index (κ3) is 5.77. The van der Waals surface area contributed by atoms with E-state index in [0.29, 0.717) is 23.6 Å². The number of anilines is 1. The highest BCUT2D eigenvalue weighted by Gasteiger charge is 2.10. The summed E-state index contributed by atoms with van der Waals surface area (Å²) in [6.45, 7) is -0.401. The fourth-order valence-electron chi connectivity index (χ4n) is 2.23. The number of amides is 1. The smallest absolute Gasteiger partial charge is 0.306 e. The lowest BCUT2D eigenvalue weighted by molar-refractivity contribution is -0.147. The van der Waals surface area contributed by atoms with Gasteiger partial charge in [0.1, 0.15) is 5.82 Å². The molecule has 0 aliphatic rings. The molecule has 26 heavy (non-hydrogen) atoms. The average Bonchev–Trinajstić information content (AvgIpc) is 2.66. The molecule has 1 amide bonds. The number of methoxy groups -OCH3 is 2. The van der Waals surface area contributed by atoms with Crippen molar-refractivity contribution in [1.82, 2.24) is 0 Å². The van der Waals surface area contributed by atoms with E-state index in [1.165, 1.54) is 31.4 Å². The lowest BCUT2D eigenvalue weighted by Crippen LogP contribution is -2.21. The molecule has 0 fully saturated rings. The predicted molar refractivity (Wildman–Crippen MR) is 93.9 cm³/mol. The Morgan fingerprint density at radius 3 is 2.35 bits per heavy atom.